The lowest BCUT2D eigenvalue weighted by Gasteiger charge is -2.34. The van der Waals surface area contributed by atoms with Crippen LogP contribution < -0.4 is 5.32 Å². The lowest BCUT2D eigenvalue weighted by molar-refractivity contribution is 0.0272. The molecule has 2 rings (SSSR count). The van der Waals surface area contributed by atoms with E-state index in [-0.39, 0.29) is 11.4 Å². The van der Waals surface area contributed by atoms with Crippen LogP contribution in [0.25, 0.3) is 0 Å². The average Bonchev–Trinajstić information content (AvgIpc) is 2.29. The lowest BCUT2D eigenvalue weighted by Crippen LogP contribution is -2.51. The number of carbonyl (C=O) groups excluding carboxylic acids is 1. The molecule has 92 valence electrons. The van der Waals surface area contributed by atoms with E-state index in [1.165, 1.54) is 0 Å². The molecule has 0 radical (unpaired) electrons. The fourth-order valence-corrected chi connectivity index (χ4v) is 2.41. The summed E-state index contributed by atoms with van der Waals surface area (Å²) in [5, 5.41) is 3.05. The Morgan fingerprint density at radius 2 is 2.35 bits per heavy atom. The van der Waals surface area contributed by atoms with Gasteiger partial charge >= 0.3 is 0 Å². The normalized spacial score (nSPS) is 24.4. The molecule has 0 aromatic heterocycles. The van der Waals surface area contributed by atoms with Crippen molar-refractivity contribution in [2.24, 2.45) is 0 Å². The summed E-state index contributed by atoms with van der Waals surface area (Å²) >= 11 is 3.36. The molecule has 0 aliphatic carbocycles. The van der Waals surface area contributed by atoms with E-state index in [4.69, 9.17) is 4.74 Å². The standard InChI is InChI=1S/C13H16BrNO2/c1-13(6-3-7-17-9-13)15-12(16)10-4-2-5-11(14)8-10/h2,4-5,8H,3,6-7,9H2,1H3,(H,15,16). The second-order valence-corrected chi connectivity index (χ2v) is 5.60. The number of hydrogen-bond donors (Lipinski definition) is 1. The molecule has 1 saturated heterocycles. The van der Waals surface area contributed by atoms with E-state index < -0.39 is 0 Å². The summed E-state index contributed by atoms with van der Waals surface area (Å²) in [6.07, 6.45) is 1.96. The number of hydrogen-bond acceptors (Lipinski definition) is 2. The molecular formula is C13H16BrNO2. The van der Waals surface area contributed by atoms with Gasteiger partial charge < -0.3 is 10.1 Å². The zero-order valence-corrected chi connectivity index (χ0v) is 11.4. The molecule has 4 heteroatoms. The number of halogens is 1. The maximum absolute atomic E-state index is 12.1. The summed E-state index contributed by atoms with van der Waals surface area (Å²) < 4.78 is 6.33. The highest BCUT2D eigenvalue weighted by Crippen LogP contribution is 2.19. The molecule has 17 heavy (non-hydrogen) atoms. The van der Waals surface area contributed by atoms with Crippen molar-refractivity contribution in [3.8, 4) is 0 Å². The van der Waals surface area contributed by atoms with Crippen molar-refractivity contribution in [3.05, 3.63) is 34.3 Å². The highest BCUT2D eigenvalue weighted by molar-refractivity contribution is 9.10. The molecular weight excluding hydrogens is 282 g/mol. The van der Waals surface area contributed by atoms with E-state index in [0.717, 1.165) is 23.9 Å². The first-order valence-corrected chi connectivity index (χ1v) is 6.54. The van der Waals surface area contributed by atoms with E-state index >= 15 is 0 Å². The minimum Gasteiger partial charge on any atom is -0.379 e. The SMILES string of the molecule is CC1(NC(=O)c2cccc(Br)c2)CCCOC1. The molecule has 1 aromatic carbocycles. The Kier molecular flexibility index (Phi) is 3.84. The smallest absolute Gasteiger partial charge is 0.251 e. The number of benzene rings is 1. The monoisotopic (exact) mass is 297 g/mol. The van der Waals surface area contributed by atoms with Crippen molar-refractivity contribution in [3.63, 3.8) is 0 Å². The Labute approximate surface area is 110 Å². The number of amides is 1. The van der Waals surface area contributed by atoms with E-state index in [0.29, 0.717) is 12.2 Å². The van der Waals surface area contributed by atoms with Gasteiger partial charge in [0.1, 0.15) is 0 Å². The first-order valence-electron chi connectivity index (χ1n) is 5.75. The topological polar surface area (TPSA) is 38.3 Å². The molecule has 1 N–H and O–H groups in total. The Bertz CT molecular complexity index is 414. The van der Waals surface area contributed by atoms with Crippen LogP contribution in [-0.2, 0) is 4.74 Å². The van der Waals surface area contributed by atoms with Gasteiger partial charge in [-0.3, -0.25) is 4.79 Å². The van der Waals surface area contributed by atoms with Crippen molar-refractivity contribution in [2.45, 2.75) is 25.3 Å². The molecule has 1 fully saturated rings. The van der Waals surface area contributed by atoms with Gasteiger partial charge in [-0.15, -0.1) is 0 Å². The Morgan fingerprint density at radius 1 is 1.53 bits per heavy atom. The second kappa shape index (κ2) is 5.19. The number of nitrogens with one attached hydrogen (secondary N) is 1. The van der Waals surface area contributed by atoms with Gasteiger partial charge in [0.15, 0.2) is 0 Å². The summed E-state index contributed by atoms with van der Waals surface area (Å²) in [7, 11) is 0. The van der Waals surface area contributed by atoms with Crippen LogP contribution in [0.4, 0.5) is 0 Å². The van der Waals surface area contributed by atoms with Crippen molar-refractivity contribution < 1.29 is 9.53 Å². The van der Waals surface area contributed by atoms with Gasteiger partial charge in [-0.25, -0.2) is 0 Å². The zero-order valence-electron chi connectivity index (χ0n) is 9.83. The molecule has 0 saturated carbocycles. The predicted octanol–water partition coefficient (Wildman–Crippen LogP) is 2.75. The second-order valence-electron chi connectivity index (χ2n) is 4.68. The summed E-state index contributed by atoms with van der Waals surface area (Å²) in [6, 6.07) is 7.40. The van der Waals surface area contributed by atoms with Crippen molar-refractivity contribution in [1.82, 2.24) is 5.32 Å². The van der Waals surface area contributed by atoms with Gasteiger partial charge in [-0.2, -0.15) is 0 Å². The summed E-state index contributed by atoms with van der Waals surface area (Å²) in [6.45, 7) is 3.41. The molecule has 0 spiro atoms. The molecule has 1 amide bonds. The third-order valence-electron chi connectivity index (χ3n) is 2.94. The molecule has 1 atom stereocenters. The maximum atomic E-state index is 12.1. The summed E-state index contributed by atoms with van der Waals surface area (Å²) in [5.41, 5.74) is 0.434. The van der Waals surface area contributed by atoms with Gasteiger partial charge in [0.25, 0.3) is 5.91 Å². The largest absolute Gasteiger partial charge is 0.379 e. The highest BCUT2D eigenvalue weighted by atomic mass is 79.9. The molecule has 0 bridgehead atoms. The summed E-state index contributed by atoms with van der Waals surface area (Å²) in [5.74, 6) is -0.0423. The molecule has 1 aromatic rings. The summed E-state index contributed by atoms with van der Waals surface area (Å²) in [4.78, 5) is 12.1. The number of ether oxygens (including phenoxy) is 1. The van der Waals surface area contributed by atoms with Crippen LogP contribution in [0, 0.1) is 0 Å². The van der Waals surface area contributed by atoms with Crippen LogP contribution in [-0.4, -0.2) is 24.7 Å². The molecule has 1 heterocycles. The van der Waals surface area contributed by atoms with Crippen molar-refractivity contribution in [2.75, 3.05) is 13.2 Å². The molecule has 1 unspecified atom stereocenters. The van der Waals surface area contributed by atoms with Gasteiger partial charge in [0.05, 0.1) is 12.1 Å². The van der Waals surface area contributed by atoms with Crippen molar-refractivity contribution >= 4 is 21.8 Å². The van der Waals surface area contributed by atoms with Crippen LogP contribution in [0.2, 0.25) is 0 Å². The lowest BCUT2D eigenvalue weighted by atomic mass is 9.94. The van der Waals surface area contributed by atoms with Gasteiger partial charge in [-0.05, 0) is 38.0 Å². The van der Waals surface area contributed by atoms with E-state index in [1.807, 2.05) is 31.2 Å². The minimum absolute atomic E-state index is 0.0423. The van der Waals surface area contributed by atoms with Crippen LogP contribution in [0.5, 0.6) is 0 Å². The van der Waals surface area contributed by atoms with Gasteiger partial charge in [-0.1, -0.05) is 22.0 Å². The molecule has 3 nitrogen and oxygen atoms in total. The quantitative estimate of drug-likeness (QED) is 0.911. The van der Waals surface area contributed by atoms with Crippen molar-refractivity contribution in [1.29, 1.82) is 0 Å². The van der Waals surface area contributed by atoms with E-state index in [2.05, 4.69) is 21.2 Å². The van der Waals surface area contributed by atoms with Crippen LogP contribution in [0.1, 0.15) is 30.1 Å². The Hall–Kier alpha value is -0.870. The van der Waals surface area contributed by atoms with Gasteiger partial charge in [0.2, 0.25) is 0 Å². The number of rotatable bonds is 2. The highest BCUT2D eigenvalue weighted by Gasteiger charge is 2.29. The van der Waals surface area contributed by atoms with E-state index in [1.54, 1.807) is 0 Å². The third-order valence-corrected chi connectivity index (χ3v) is 3.43. The van der Waals surface area contributed by atoms with Crippen LogP contribution >= 0.6 is 15.9 Å². The molecule has 1 aliphatic rings. The fourth-order valence-electron chi connectivity index (χ4n) is 2.01. The first-order chi connectivity index (χ1) is 8.09. The van der Waals surface area contributed by atoms with Crippen LogP contribution in [0.15, 0.2) is 28.7 Å². The molecule has 1 aliphatic heterocycles. The average molecular weight is 298 g/mol. The number of carbonyl (C=O) groups is 1. The van der Waals surface area contributed by atoms with E-state index in [9.17, 15) is 4.79 Å². The van der Waals surface area contributed by atoms with Gasteiger partial charge in [0, 0.05) is 16.6 Å². The third kappa shape index (κ3) is 3.30. The minimum atomic E-state index is -0.238. The Morgan fingerprint density at radius 3 is 3.00 bits per heavy atom. The Balaban J connectivity index is 2.06. The zero-order chi connectivity index (χ0) is 12.3. The first kappa shape index (κ1) is 12.6. The predicted molar refractivity (Wildman–Crippen MR) is 70.1 cm³/mol. The maximum Gasteiger partial charge on any atom is 0.251 e. The fraction of sp³-hybridized carbons (Fsp3) is 0.462. The van der Waals surface area contributed by atoms with Crippen LogP contribution in [0.3, 0.4) is 0 Å².